The normalized spacial score (nSPS) is 9.79. The van der Waals surface area contributed by atoms with E-state index in [0.717, 1.165) is 19.3 Å². The van der Waals surface area contributed by atoms with Crippen molar-refractivity contribution >= 4 is 11.9 Å². The predicted octanol–water partition coefficient (Wildman–Crippen LogP) is 0.662. The average Bonchev–Trinajstić information content (AvgIpc) is 2.13. The summed E-state index contributed by atoms with van der Waals surface area (Å²) in [6, 6.07) is 0. The van der Waals surface area contributed by atoms with E-state index >= 15 is 0 Å². The molecule has 14 heavy (non-hydrogen) atoms. The van der Waals surface area contributed by atoms with Crippen molar-refractivity contribution in [1.82, 2.24) is 10.9 Å². The van der Waals surface area contributed by atoms with Crippen molar-refractivity contribution in [3.05, 3.63) is 0 Å². The van der Waals surface area contributed by atoms with E-state index in [-0.39, 0.29) is 18.9 Å². The summed E-state index contributed by atoms with van der Waals surface area (Å²) in [6.45, 7) is 2.33. The topological polar surface area (TPSA) is 78.4 Å². The van der Waals surface area contributed by atoms with Gasteiger partial charge in [0.1, 0.15) is 0 Å². The molecule has 0 atom stereocenters. The molecule has 0 saturated heterocycles. The van der Waals surface area contributed by atoms with Crippen molar-refractivity contribution in [2.24, 2.45) is 0 Å². The summed E-state index contributed by atoms with van der Waals surface area (Å²) >= 11 is 0. The molecule has 0 radical (unpaired) electrons. The number of carbonyl (C=O) groups excluding carboxylic acids is 1. The Hall–Kier alpha value is -1.10. The molecular weight excluding hydrogens is 184 g/mol. The Balaban J connectivity index is 3.22. The maximum atomic E-state index is 11.0. The third-order valence-electron chi connectivity index (χ3n) is 1.70. The molecule has 82 valence electrons. The second-order valence-corrected chi connectivity index (χ2v) is 3.08. The summed E-state index contributed by atoms with van der Waals surface area (Å²) < 4.78 is 0. The number of carbonyl (C=O) groups is 2. The molecule has 0 aliphatic carbocycles. The molecule has 0 aliphatic rings. The van der Waals surface area contributed by atoms with Gasteiger partial charge in [-0.3, -0.25) is 15.0 Å². The van der Waals surface area contributed by atoms with Gasteiger partial charge < -0.3 is 5.11 Å². The van der Waals surface area contributed by atoms with Crippen LogP contribution in [0.2, 0.25) is 0 Å². The summed E-state index contributed by atoms with van der Waals surface area (Å²) in [6.07, 6.45) is 3.51. The molecule has 0 heterocycles. The van der Waals surface area contributed by atoms with Crippen LogP contribution in [0.3, 0.4) is 0 Å². The van der Waals surface area contributed by atoms with Crippen LogP contribution in [0.1, 0.15) is 39.0 Å². The first-order chi connectivity index (χ1) is 6.66. The van der Waals surface area contributed by atoms with Gasteiger partial charge in [-0.25, -0.2) is 5.43 Å². The van der Waals surface area contributed by atoms with E-state index in [2.05, 4.69) is 17.8 Å². The van der Waals surface area contributed by atoms with Gasteiger partial charge in [0.25, 0.3) is 0 Å². The minimum atomic E-state index is -0.877. The van der Waals surface area contributed by atoms with Gasteiger partial charge in [-0.1, -0.05) is 19.8 Å². The molecule has 0 spiro atoms. The zero-order chi connectivity index (χ0) is 10.8. The molecular formula is C9H18N2O3. The maximum absolute atomic E-state index is 11.0. The predicted molar refractivity (Wildman–Crippen MR) is 52.5 cm³/mol. The number of carboxylic acids is 1. The lowest BCUT2D eigenvalue weighted by Gasteiger charge is -2.05. The van der Waals surface area contributed by atoms with Gasteiger partial charge in [-0.2, -0.15) is 0 Å². The highest BCUT2D eigenvalue weighted by Crippen LogP contribution is 1.97. The van der Waals surface area contributed by atoms with Crippen molar-refractivity contribution in [1.29, 1.82) is 0 Å². The van der Waals surface area contributed by atoms with Crippen molar-refractivity contribution in [2.45, 2.75) is 39.0 Å². The highest BCUT2D eigenvalue weighted by molar-refractivity contribution is 5.75. The largest absolute Gasteiger partial charge is 0.481 e. The Morgan fingerprint density at radius 1 is 1.21 bits per heavy atom. The van der Waals surface area contributed by atoms with Gasteiger partial charge in [-0.05, 0) is 6.42 Å². The van der Waals surface area contributed by atoms with Crippen LogP contribution in [-0.4, -0.2) is 23.5 Å². The second kappa shape index (κ2) is 8.50. The molecule has 0 fully saturated rings. The van der Waals surface area contributed by atoms with Crippen LogP contribution in [0.25, 0.3) is 0 Å². The molecule has 0 aliphatic heterocycles. The highest BCUT2D eigenvalue weighted by Gasteiger charge is 2.00. The van der Waals surface area contributed by atoms with E-state index in [4.69, 9.17) is 5.11 Å². The molecule has 0 saturated carbocycles. The summed E-state index contributed by atoms with van der Waals surface area (Å²) in [5.74, 6) is -0.957. The fourth-order valence-electron chi connectivity index (χ4n) is 0.929. The van der Waals surface area contributed by atoms with Crippen molar-refractivity contribution in [3.8, 4) is 0 Å². The van der Waals surface area contributed by atoms with Crippen LogP contribution >= 0.6 is 0 Å². The third kappa shape index (κ3) is 8.99. The van der Waals surface area contributed by atoms with Gasteiger partial charge in [0.15, 0.2) is 0 Å². The monoisotopic (exact) mass is 202 g/mol. The molecule has 1 amide bonds. The average molecular weight is 202 g/mol. The van der Waals surface area contributed by atoms with Crippen molar-refractivity contribution in [3.63, 3.8) is 0 Å². The van der Waals surface area contributed by atoms with Crippen LogP contribution in [0.4, 0.5) is 0 Å². The van der Waals surface area contributed by atoms with Gasteiger partial charge in [0, 0.05) is 13.0 Å². The van der Waals surface area contributed by atoms with Gasteiger partial charge in [0.05, 0.1) is 6.42 Å². The fraction of sp³-hybridized carbons (Fsp3) is 0.778. The molecule has 0 unspecified atom stereocenters. The fourth-order valence-corrected chi connectivity index (χ4v) is 0.929. The molecule has 3 N–H and O–H groups in total. The number of carboxylic acid groups (broad SMARTS) is 1. The van der Waals surface area contributed by atoms with E-state index in [1.165, 1.54) is 0 Å². The zero-order valence-electron chi connectivity index (χ0n) is 8.51. The van der Waals surface area contributed by atoms with Gasteiger partial charge >= 0.3 is 5.97 Å². The van der Waals surface area contributed by atoms with Gasteiger partial charge in [-0.15, -0.1) is 0 Å². The smallest absolute Gasteiger partial charge is 0.304 e. The van der Waals surface area contributed by atoms with E-state index in [1.807, 2.05) is 0 Å². The SMILES string of the molecule is CCCCCC(=O)NNCCC(=O)O. The molecule has 5 heteroatoms. The first-order valence-corrected chi connectivity index (χ1v) is 4.90. The van der Waals surface area contributed by atoms with Crippen molar-refractivity contribution < 1.29 is 14.7 Å². The standard InChI is InChI=1S/C9H18N2O3/c1-2-3-4-5-8(12)11-10-7-6-9(13)14/h10H,2-7H2,1H3,(H,11,12)(H,13,14). The quantitative estimate of drug-likeness (QED) is 0.399. The Labute approximate surface area is 83.8 Å². The summed E-state index contributed by atoms with van der Waals surface area (Å²) in [5.41, 5.74) is 5.01. The molecule has 5 nitrogen and oxygen atoms in total. The van der Waals surface area contributed by atoms with E-state index in [1.54, 1.807) is 0 Å². The molecule has 0 bridgehead atoms. The second-order valence-electron chi connectivity index (χ2n) is 3.08. The first kappa shape index (κ1) is 12.9. The van der Waals surface area contributed by atoms with Crippen LogP contribution in [0.5, 0.6) is 0 Å². The number of rotatable bonds is 8. The number of hydrazine groups is 1. The van der Waals surface area contributed by atoms with Crippen molar-refractivity contribution in [2.75, 3.05) is 6.54 Å². The van der Waals surface area contributed by atoms with Crippen LogP contribution < -0.4 is 10.9 Å². The number of hydrogen-bond donors (Lipinski definition) is 3. The first-order valence-electron chi connectivity index (χ1n) is 4.90. The highest BCUT2D eigenvalue weighted by atomic mass is 16.4. The number of amides is 1. The Kier molecular flexibility index (Phi) is 7.83. The number of nitrogens with one attached hydrogen (secondary N) is 2. The van der Waals surface area contributed by atoms with Crippen LogP contribution in [0.15, 0.2) is 0 Å². The summed E-state index contributed by atoms with van der Waals surface area (Å²) in [4.78, 5) is 21.1. The Morgan fingerprint density at radius 3 is 2.50 bits per heavy atom. The van der Waals surface area contributed by atoms with Crippen LogP contribution in [0, 0.1) is 0 Å². The third-order valence-corrected chi connectivity index (χ3v) is 1.70. The minimum Gasteiger partial charge on any atom is -0.481 e. The van der Waals surface area contributed by atoms with Crippen LogP contribution in [-0.2, 0) is 9.59 Å². The lowest BCUT2D eigenvalue weighted by Crippen LogP contribution is -2.38. The molecule has 0 aromatic heterocycles. The molecule has 0 rings (SSSR count). The number of hydrogen-bond acceptors (Lipinski definition) is 3. The van der Waals surface area contributed by atoms with E-state index in [0.29, 0.717) is 6.42 Å². The molecule has 0 aromatic rings. The minimum absolute atomic E-state index is 0.00917. The summed E-state index contributed by atoms with van der Waals surface area (Å²) in [5, 5.41) is 8.30. The van der Waals surface area contributed by atoms with E-state index in [9.17, 15) is 9.59 Å². The Bertz CT molecular complexity index is 183. The molecule has 0 aromatic carbocycles. The lowest BCUT2D eigenvalue weighted by molar-refractivity contribution is -0.137. The van der Waals surface area contributed by atoms with Gasteiger partial charge in [0.2, 0.25) is 5.91 Å². The lowest BCUT2D eigenvalue weighted by atomic mass is 10.2. The Morgan fingerprint density at radius 2 is 1.93 bits per heavy atom. The van der Waals surface area contributed by atoms with E-state index < -0.39 is 5.97 Å². The number of unbranched alkanes of at least 4 members (excludes halogenated alkanes) is 2. The number of aliphatic carboxylic acids is 1. The zero-order valence-corrected chi connectivity index (χ0v) is 8.51. The maximum Gasteiger partial charge on any atom is 0.304 e. The summed E-state index contributed by atoms with van der Waals surface area (Å²) in [7, 11) is 0.